The monoisotopic (exact) mass is 284 g/mol. The molecule has 5 nitrogen and oxygen atoms in total. The molecule has 5 heteroatoms. The van der Waals surface area contributed by atoms with Crippen LogP contribution in [-0.2, 0) is 9.53 Å². The first-order valence-corrected chi connectivity index (χ1v) is 7.32. The number of alkyl carbamates (subject to hydrolysis) is 1. The summed E-state index contributed by atoms with van der Waals surface area (Å²) in [4.78, 5) is 26.1. The molecule has 0 radical (unpaired) electrons. The first kappa shape index (κ1) is 16.8. The van der Waals surface area contributed by atoms with Gasteiger partial charge in [-0.25, -0.2) is 4.79 Å². The minimum atomic E-state index is -0.942. The van der Waals surface area contributed by atoms with Crippen molar-refractivity contribution in [3.63, 3.8) is 0 Å². The van der Waals surface area contributed by atoms with Crippen LogP contribution in [0.2, 0.25) is 0 Å². The lowest BCUT2D eigenvalue weighted by atomic mass is 9.96. The van der Waals surface area contributed by atoms with E-state index >= 15 is 0 Å². The van der Waals surface area contributed by atoms with Gasteiger partial charge in [-0.15, -0.1) is 0 Å². The predicted octanol–water partition coefficient (Wildman–Crippen LogP) is 2.55. The maximum absolute atomic E-state index is 12.5. The number of nitrogens with zero attached hydrogens (tertiary/aromatic N) is 1. The molecule has 0 unspecified atom stereocenters. The van der Waals surface area contributed by atoms with Crippen molar-refractivity contribution >= 4 is 12.0 Å². The van der Waals surface area contributed by atoms with Crippen LogP contribution in [0.1, 0.15) is 54.4 Å². The standard InChI is InChI=1S/C15H28N2O3/c1-11-7-9-17(10-8-11)12(18)15(5,6)16-13(19)20-14(2,3)4/h11H,7-10H2,1-6H3,(H,16,19). The Morgan fingerprint density at radius 2 is 1.60 bits per heavy atom. The van der Waals surface area contributed by atoms with E-state index in [4.69, 9.17) is 4.74 Å². The number of amides is 2. The Hall–Kier alpha value is -1.26. The van der Waals surface area contributed by atoms with Gasteiger partial charge in [0.15, 0.2) is 0 Å². The molecule has 0 aromatic rings. The van der Waals surface area contributed by atoms with Crippen LogP contribution in [0.25, 0.3) is 0 Å². The largest absolute Gasteiger partial charge is 0.444 e. The second-order valence-corrected chi connectivity index (χ2v) is 7.23. The van der Waals surface area contributed by atoms with Gasteiger partial charge in [-0.1, -0.05) is 6.92 Å². The second-order valence-electron chi connectivity index (χ2n) is 7.23. The van der Waals surface area contributed by atoms with Crippen LogP contribution >= 0.6 is 0 Å². The zero-order valence-corrected chi connectivity index (χ0v) is 13.6. The van der Waals surface area contributed by atoms with Gasteiger partial charge >= 0.3 is 6.09 Å². The SMILES string of the molecule is CC1CCN(C(=O)C(C)(C)NC(=O)OC(C)(C)C)CC1. The number of likely N-dealkylation sites (tertiary alicyclic amines) is 1. The molecule has 0 atom stereocenters. The normalized spacial score (nSPS) is 17.8. The molecule has 0 bridgehead atoms. The Labute approximate surface area is 122 Å². The molecule has 20 heavy (non-hydrogen) atoms. The van der Waals surface area contributed by atoms with Crippen LogP contribution in [0, 0.1) is 5.92 Å². The maximum atomic E-state index is 12.5. The summed E-state index contributed by atoms with van der Waals surface area (Å²) in [5.41, 5.74) is -1.51. The number of rotatable bonds is 2. The van der Waals surface area contributed by atoms with E-state index in [9.17, 15) is 9.59 Å². The third-order valence-electron chi connectivity index (χ3n) is 3.42. The van der Waals surface area contributed by atoms with E-state index in [0.717, 1.165) is 25.9 Å². The average Bonchev–Trinajstić information content (AvgIpc) is 2.25. The van der Waals surface area contributed by atoms with Crippen molar-refractivity contribution in [1.82, 2.24) is 10.2 Å². The molecule has 0 spiro atoms. The van der Waals surface area contributed by atoms with Crippen LogP contribution in [0.5, 0.6) is 0 Å². The lowest BCUT2D eigenvalue weighted by Crippen LogP contribution is -2.57. The molecule has 0 aliphatic carbocycles. The fourth-order valence-corrected chi connectivity index (χ4v) is 2.22. The van der Waals surface area contributed by atoms with Crippen LogP contribution in [0.3, 0.4) is 0 Å². The van der Waals surface area contributed by atoms with Crippen molar-refractivity contribution in [3.05, 3.63) is 0 Å². The quantitative estimate of drug-likeness (QED) is 0.847. The molecule has 116 valence electrons. The van der Waals surface area contributed by atoms with Crippen molar-refractivity contribution < 1.29 is 14.3 Å². The van der Waals surface area contributed by atoms with Crippen molar-refractivity contribution in [3.8, 4) is 0 Å². The Morgan fingerprint density at radius 3 is 2.05 bits per heavy atom. The molecule has 0 saturated carbocycles. The summed E-state index contributed by atoms with van der Waals surface area (Å²) < 4.78 is 5.21. The minimum absolute atomic E-state index is 0.0461. The molecule has 1 heterocycles. The first-order valence-electron chi connectivity index (χ1n) is 7.32. The van der Waals surface area contributed by atoms with Crippen molar-refractivity contribution in [2.45, 2.75) is 65.5 Å². The van der Waals surface area contributed by atoms with Crippen molar-refractivity contribution in [2.24, 2.45) is 5.92 Å². The van der Waals surface area contributed by atoms with Crippen molar-refractivity contribution in [1.29, 1.82) is 0 Å². The summed E-state index contributed by atoms with van der Waals surface area (Å²) in [5.74, 6) is 0.622. The van der Waals surface area contributed by atoms with Crippen LogP contribution in [0.15, 0.2) is 0 Å². The smallest absolute Gasteiger partial charge is 0.408 e. The van der Waals surface area contributed by atoms with E-state index in [-0.39, 0.29) is 5.91 Å². The van der Waals surface area contributed by atoms with Crippen molar-refractivity contribution in [2.75, 3.05) is 13.1 Å². The van der Waals surface area contributed by atoms with E-state index in [0.29, 0.717) is 5.92 Å². The fourth-order valence-electron chi connectivity index (χ4n) is 2.22. The molecule has 1 aliphatic heterocycles. The number of nitrogens with one attached hydrogen (secondary N) is 1. The van der Waals surface area contributed by atoms with E-state index in [1.807, 2.05) is 4.90 Å². The number of hydrogen-bond acceptors (Lipinski definition) is 3. The average molecular weight is 284 g/mol. The van der Waals surface area contributed by atoms with Gasteiger partial charge in [-0.05, 0) is 53.4 Å². The van der Waals surface area contributed by atoms with E-state index in [1.165, 1.54) is 0 Å². The van der Waals surface area contributed by atoms with Crippen LogP contribution in [0.4, 0.5) is 4.79 Å². The summed E-state index contributed by atoms with van der Waals surface area (Å²) in [7, 11) is 0. The molecule has 1 rings (SSSR count). The summed E-state index contributed by atoms with van der Waals surface area (Å²) in [6, 6.07) is 0. The molecule has 2 amide bonds. The Kier molecular flexibility index (Phi) is 5.05. The van der Waals surface area contributed by atoms with Gasteiger partial charge in [-0.3, -0.25) is 4.79 Å². The summed E-state index contributed by atoms with van der Waals surface area (Å²) in [5, 5.41) is 2.67. The number of carbonyl (C=O) groups is 2. The first-order chi connectivity index (χ1) is 9.01. The van der Waals surface area contributed by atoms with Crippen LogP contribution < -0.4 is 5.32 Å². The highest BCUT2D eigenvalue weighted by Gasteiger charge is 2.35. The topological polar surface area (TPSA) is 58.6 Å². The molecular formula is C15H28N2O3. The Balaban J connectivity index is 2.59. The van der Waals surface area contributed by atoms with Gasteiger partial charge in [-0.2, -0.15) is 0 Å². The van der Waals surface area contributed by atoms with E-state index in [1.54, 1.807) is 34.6 Å². The number of hydrogen-bond donors (Lipinski definition) is 1. The zero-order valence-electron chi connectivity index (χ0n) is 13.6. The van der Waals surface area contributed by atoms with E-state index < -0.39 is 17.2 Å². The molecule has 1 N–H and O–H groups in total. The minimum Gasteiger partial charge on any atom is -0.444 e. The molecule has 0 aromatic heterocycles. The molecule has 1 saturated heterocycles. The third-order valence-corrected chi connectivity index (χ3v) is 3.42. The number of ether oxygens (including phenoxy) is 1. The molecule has 0 aromatic carbocycles. The van der Waals surface area contributed by atoms with Gasteiger partial charge in [0, 0.05) is 13.1 Å². The van der Waals surface area contributed by atoms with E-state index in [2.05, 4.69) is 12.2 Å². The van der Waals surface area contributed by atoms with Crippen LogP contribution in [-0.4, -0.2) is 41.1 Å². The highest BCUT2D eigenvalue weighted by atomic mass is 16.6. The number of piperidine rings is 1. The predicted molar refractivity (Wildman–Crippen MR) is 78.4 cm³/mol. The highest BCUT2D eigenvalue weighted by Crippen LogP contribution is 2.19. The Bertz CT molecular complexity index is 364. The number of carbonyl (C=O) groups excluding carboxylic acids is 2. The summed E-state index contributed by atoms with van der Waals surface area (Å²) in [6.45, 7) is 12.6. The Morgan fingerprint density at radius 1 is 1.10 bits per heavy atom. The van der Waals surface area contributed by atoms with Gasteiger partial charge in [0.2, 0.25) is 5.91 Å². The lowest BCUT2D eigenvalue weighted by molar-refractivity contribution is -0.138. The van der Waals surface area contributed by atoms with Gasteiger partial charge in [0.05, 0.1) is 0 Å². The molecule has 1 aliphatic rings. The van der Waals surface area contributed by atoms with Gasteiger partial charge in [0.1, 0.15) is 11.1 Å². The fraction of sp³-hybridized carbons (Fsp3) is 0.867. The maximum Gasteiger partial charge on any atom is 0.408 e. The summed E-state index contributed by atoms with van der Waals surface area (Å²) in [6.07, 6.45) is 1.49. The second kappa shape index (κ2) is 6.02. The molecule has 1 fully saturated rings. The summed E-state index contributed by atoms with van der Waals surface area (Å²) >= 11 is 0. The third kappa shape index (κ3) is 5.02. The van der Waals surface area contributed by atoms with Gasteiger partial charge < -0.3 is 15.0 Å². The van der Waals surface area contributed by atoms with Gasteiger partial charge in [0.25, 0.3) is 0 Å². The highest BCUT2D eigenvalue weighted by molar-refractivity contribution is 5.89. The molecular weight excluding hydrogens is 256 g/mol. The lowest BCUT2D eigenvalue weighted by Gasteiger charge is -2.36. The zero-order chi connectivity index (χ0) is 15.6.